The smallest absolute Gasteiger partial charge is 0.0486 e. The summed E-state index contributed by atoms with van der Waals surface area (Å²) in [6, 6.07) is 6.61. The van der Waals surface area contributed by atoms with Crippen molar-refractivity contribution in [2.45, 2.75) is 18.8 Å². The van der Waals surface area contributed by atoms with E-state index in [9.17, 15) is 0 Å². The van der Waals surface area contributed by atoms with E-state index in [0.717, 1.165) is 5.92 Å². The molecule has 82 valence electrons. The Morgan fingerprint density at radius 3 is 3.06 bits per heavy atom. The van der Waals surface area contributed by atoms with E-state index in [2.05, 4.69) is 41.6 Å². The molecule has 2 atom stereocenters. The van der Waals surface area contributed by atoms with E-state index >= 15 is 0 Å². The second-order valence-electron chi connectivity index (χ2n) is 5.39. The lowest BCUT2D eigenvalue weighted by Crippen LogP contribution is -2.18. The largest absolute Gasteiger partial charge is 0.361 e. The van der Waals surface area contributed by atoms with E-state index in [-0.39, 0.29) is 0 Å². The lowest BCUT2D eigenvalue weighted by Gasteiger charge is -2.10. The summed E-state index contributed by atoms with van der Waals surface area (Å²) < 4.78 is 0. The average molecular weight is 212 g/mol. The first-order chi connectivity index (χ1) is 7.81. The van der Waals surface area contributed by atoms with Crippen molar-refractivity contribution < 1.29 is 0 Å². The van der Waals surface area contributed by atoms with Crippen molar-refractivity contribution in [2.24, 2.45) is 5.92 Å². The topological polar surface area (TPSA) is 27.8 Å². The Morgan fingerprint density at radius 2 is 2.31 bits per heavy atom. The van der Waals surface area contributed by atoms with Gasteiger partial charge < -0.3 is 10.3 Å². The Balaban J connectivity index is 1.96. The van der Waals surface area contributed by atoms with Gasteiger partial charge in [0.15, 0.2) is 0 Å². The lowest BCUT2D eigenvalue weighted by molar-refractivity contribution is 0.680. The average Bonchev–Trinajstić information content (AvgIpc) is 2.70. The van der Waals surface area contributed by atoms with Gasteiger partial charge in [0.25, 0.3) is 0 Å². The van der Waals surface area contributed by atoms with Crippen LogP contribution in [0.15, 0.2) is 24.4 Å². The maximum atomic E-state index is 3.52. The number of aryl methyl sites for hydroxylation is 1. The first-order valence-corrected chi connectivity index (χ1v) is 6.09. The molecule has 1 aliphatic heterocycles. The minimum Gasteiger partial charge on any atom is -0.361 e. The van der Waals surface area contributed by atoms with Gasteiger partial charge >= 0.3 is 0 Å². The molecule has 16 heavy (non-hydrogen) atoms. The molecule has 1 unspecified atom stereocenters. The zero-order valence-electron chi connectivity index (χ0n) is 9.51. The predicted molar refractivity (Wildman–Crippen MR) is 65.7 cm³/mol. The fraction of sp³-hybridized carbons (Fsp3) is 0.429. The molecule has 4 rings (SSSR count). The highest BCUT2D eigenvalue weighted by atomic mass is 15.0. The second kappa shape index (κ2) is 2.69. The number of para-hydroxylation sites is 1. The Hall–Kier alpha value is -1.28. The molecule has 0 spiro atoms. The molecule has 1 saturated heterocycles. The van der Waals surface area contributed by atoms with Gasteiger partial charge in [-0.15, -0.1) is 0 Å². The van der Waals surface area contributed by atoms with Crippen molar-refractivity contribution in [3.8, 4) is 0 Å². The zero-order valence-corrected chi connectivity index (χ0v) is 9.51. The number of hydrogen-bond acceptors (Lipinski definition) is 1. The molecule has 0 radical (unpaired) electrons. The molecular weight excluding hydrogens is 196 g/mol. The van der Waals surface area contributed by atoms with Crippen LogP contribution in [0.4, 0.5) is 0 Å². The van der Waals surface area contributed by atoms with E-state index in [1.807, 2.05) is 0 Å². The van der Waals surface area contributed by atoms with E-state index < -0.39 is 0 Å². The van der Waals surface area contributed by atoms with Crippen LogP contribution in [0.5, 0.6) is 0 Å². The fourth-order valence-electron chi connectivity index (χ4n) is 3.48. The van der Waals surface area contributed by atoms with Crippen LogP contribution in [0, 0.1) is 12.8 Å². The van der Waals surface area contributed by atoms with Gasteiger partial charge in [-0.05, 0) is 36.9 Å². The SMILES string of the molecule is Cc1cccc2c(C34CNC[C@H]3C4)c[nH]c12. The van der Waals surface area contributed by atoms with Crippen LogP contribution in [0.25, 0.3) is 10.9 Å². The summed E-state index contributed by atoms with van der Waals surface area (Å²) in [5.41, 5.74) is 4.68. The van der Waals surface area contributed by atoms with Gasteiger partial charge in [-0.2, -0.15) is 0 Å². The number of benzene rings is 1. The van der Waals surface area contributed by atoms with Crippen LogP contribution in [0.1, 0.15) is 17.5 Å². The van der Waals surface area contributed by atoms with Crippen molar-refractivity contribution in [1.29, 1.82) is 0 Å². The first-order valence-electron chi connectivity index (χ1n) is 6.09. The van der Waals surface area contributed by atoms with Crippen LogP contribution in [-0.4, -0.2) is 18.1 Å². The van der Waals surface area contributed by atoms with Crippen LogP contribution in [0.3, 0.4) is 0 Å². The van der Waals surface area contributed by atoms with Gasteiger partial charge in [0.05, 0.1) is 0 Å². The Morgan fingerprint density at radius 1 is 1.38 bits per heavy atom. The number of piperidine rings is 1. The van der Waals surface area contributed by atoms with E-state index in [1.165, 1.54) is 36.0 Å². The van der Waals surface area contributed by atoms with Gasteiger partial charge in [0.1, 0.15) is 0 Å². The predicted octanol–water partition coefficient (Wildman–Crippen LogP) is 2.34. The minimum atomic E-state index is 0.464. The number of fused-ring (bicyclic) bond motifs is 2. The third-order valence-corrected chi connectivity index (χ3v) is 4.52. The standard InChI is InChI=1S/C14H16N2/c1-9-3-2-4-11-12(7-16-13(9)11)14-5-10(14)6-15-8-14/h2-4,7,10,15-16H,5-6,8H2,1H3/t10-,14?/m1/s1. The van der Waals surface area contributed by atoms with Crippen LogP contribution < -0.4 is 5.32 Å². The zero-order chi connectivity index (χ0) is 10.8. The van der Waals surface area contributed by atoms with Crippen molar-refractivity contribution in [3.63, 3.8) is 0 Å². The Kier molecular flexibility index (Phi) is 1.48. The van der Waals surface area contributed by atoms with E-state index in [1.54, 1.807) is 5.56 Å². The minimum absolute atomic E-state index is 0.464. The highest BCUT2D eigenvalue weighted by Gasteiger charge is 2.58. The van der Waals surface area contributed by atoms with Crippen molar-refractivity contribution in [2.75, 3.05) is 13.1 Å². The Labute approximate surface area is 95.1 Å². The third kappa shape index (κ3) is 0.914. The molecule has 2 aromatic rings. The molecule has 2 heterocycles. The summed E-state index contributed by atoms with van der Waals surface area (Å²) in [4.78, 5) is 3.46. The lowest BCUT2D eigenvalue weighted by atomic mass is 9.94. The molecule has 2 heteroatoms. The first kappa shape index (κ1) is 8.82. The normalized spacial score (nSPS) is 31.9. The van der Waals surface area contributed by atoms with E-state index in [0.29, 0.717) is 5.41 Å². The van der Waals surface area contributed by atoms with Gasteiger partial charge in [-0.1, -0.05) is 18.2 Å². The molecule has 1 aromatic carbocycles. The van der Waals surface area contributed by atoms with Crippen molar-refractivity contribution in [3.05, 3.63) is 35.5 Å². The number of nitrogens with one attached hydrogen (secondary N) is 2. The molecule has 2 fully saturated rings. The fourth-order valence-corrected chi connectivity index (χ4v) is 3.48. The highest BCUT2D eigenvalue weighted by Crippen LogP contribution is 2.57. The van der Waals surface area contributed by atoms with Gasteiger partial charge in [-0.3, -0.25) is 0 Å². The summed E-state index contributed by atoms with van der Waals surface area (Å²) in [5, 5.41) is 4.95. The monoisotopic (exact) mass is 212 g/mol. The molecule has 2 nitrogen and oxygen atoms in total. The van der Waals surface area contributed by atoms with Crippen molar-refractivity contribution >= 4 is 10.9 Å². The summed E-state index contributed by atoms with van der Waals surface area (Å²) in [6.07, 6.45) is 3.62. The number of aromatic amines is 1. The van der Waals surface area contributed by atoms with Gasteiger partial charge in [-0.25, -0.2) is 0 Å². The maximum Gasteiger partial charge on any atom is 0.0486 e. The van der Waals surface area contributed by atoms with Crippen molar-refractivity contribution in [1.82, 2.24) is 10.3 Å². The molecule has 0 bridgehead atoms. The third-order valence-electron chi connectivity index (χ3n) is 4.52. The highest BCUT2D eigenvalue weighted by molar-refractivity contribution is 5.87. The molecule has 0 amide bonds. The molecule has 2 N–H and O–H groups in total. The van der Waals surface area contributed by atoms with Gasteiger partial charge in [0, 0.05) is 29.1 Å². The molecule has 1 aromatic heterocycles. The van der Waals surface area contributed by atoms with Crippen LogP contribution in [-0.2, 0) is 5.41 Å². The van der Waals surface area contributed by atoms with Crippen LogP contribution >= 0.6 is 0 Å². The number of H-pyrrole nitrogens is 1. The summed E-state index contributed by atoms with van der Waals surface area (Å²) in [5.74, 6) is 0.881. The number of hydrogen-bond donors (Lipinski definition) is 2. The van der Waals surface area contributed by atoms with Gasteiger partial charge in [0.2, 0.25) is 0 Å². The molecule has 1 aliphatic carbocycles. The molecular formula is C14H16N2. The number of rotatable bonds is 1. The quantitative estimate of drug-likeness (QED) is 0.746. The molecule has 2 aliphatic rings. The Bertz CT molecular complexity index is 569. The van der Waals surface area contributed by atoms with E-state index in [4.69, 9.17) is 0 Å². The summed E-state index contributed by atoms with van der Waals surface area (Å²) in [6.45, 7) is 4.55. The summed E-state index contributed by atoms with van der Waals surface area (Å²) >= 11 is 0. The summed E-state index contributed by atoms with van der Waals surface area (Å²) in [7, 11) is 0. The number of aromatic nitrogens is 1. The second-order valence-corrected chi connectivity index (χ2v) is 5.39. The van der Waals surface area contributed by atoms with Crippen LogP contribution in [0.2, 0.25) is 0 Å². The maximum absolute atomic E-state index is 3.52. The molecule has 1 saturated carbocycles.